The fraction of sp³-hybridized carbons (Fsp3) is 0.320. The van der Waals surface area contributed by atoms with Crippen molar-refractivity contribution in [2.24, 2.45) is 0 Å². The molecule has 31 heavy (non-hydrogen) atoms. The average molecular weight is 411 g/mol. The molecule has 4 heterocycles. The van der Waals surface area contributed by atoms with E-state index in [4.69, 9.17) is 4.98 Å². The third-order valence-corrected chi connectivity index (χ3v) is 6.50. The van der Waals surface area contributed by atoms with Crippen molar-refractivity contribution in [2.75, 3.05) is 36.0 Å². The van der Waals surface area contributed by atoms with Gasteiger partial charge >= 0.3 is 0 Å². The second kappa shape index (κ2) is 7.59. The van der Waals surface area contributed by atoms with Crippen molar-refractivity contribution in [1.82, 2.24) is 14.4 Å². The van der Waals surface area contributed by atoms with Crippen molar-refractivity contribution in [3.8, 4) is 6.07 Å². The number of rotatable bonds is 2. The summed E-state index contributed by atoms with van der Waals surface area (Å²) in [6, 6.07) is 14.9. The first-order valence-electron chi connectivity index (χ1n) is 10.6. The van der Waals surface area contributed by atoms with Crippen LogP contribution in [-0.4, -0.2) is 40.5 Å². The Balaban J connectivity index is 0.00000204. The van der Waals surface area contributed by atoms with Crippen molar-refractivity contribution in [3.05, 3.63) is 65.5 Å². The van der Waals surface area contributed by atoms with Gasteiger partial charge in [-0.2, -0.15) is 5.26 Å². The van der Waals surface area contributed by atoms with Gasteiger partial charge in [-0.15, -0.1) is 0 Å². The van der Waals surface area contributed by atoms with E-state index in [0.29, 0.717) is 0 Å². The van der Waals surface area contributed by atoms with Crippen molar-refractivity contribution < 1.29 is 0 Å². The predicted octanol–water partition coefficient (Wildman–Crippen LogP) is 4.21. The van der Waals surface area contributed by atoms with E-state index in [1.807, 2.05) is 24.5 Å². The monoisotopic (exact) mass is 410 g/mol. The number of nitriles is 1. The zero-order valence-electron chi connectivity index (χ0n) is 16.8. The highest BCUT2D eigenvalue weighted by Crippen LogP contribution is 2.38. The Hall–Kier alpha value is -3.59. The Labute approximate surface area is 182 Å². The van der Waals surface area contributed by atoms with Crippen LogP contribution >= 0.6 is 0 Å². The molecule has 156 valence electrons. The third kappa shape index (κ3) is 2.92. The van der Waals surface area contributed by atoms with Gasteiger partial charge in [-0.25, -0.2) is 4.98 Å². The van der Waals surface area contributed by atoms with Crippen LogP contribution in [0.4, 0.5) is 11.5 Å². The number of hydrogen-bond donors (Lipinski definition) is 0. The summed E-state index contributed by atoms with van der Waals surface area (Å²) in [5, 5.41) is 9.96. The van der Waals surface area contributed by atoms with Crippen LogP contribution in [0.1, 0.15) is 30.5 Å². The van der Waals surface area contributed by atoms with E-state index >= 15 is 0 Å². The molecular weight excluding hydrogens is 384 g/mol. The van der Waals surface area contributed by atoms with Gasteiger partial charge in [0.2, 0.25) is 0 Å². The fourth-order valence-electron chi connectivity index (χ4n) is 5.13. The second-order valence-electron chi connectivity index (χ2n) is 8.06. The smallest absolute Gasteiger partial charge is 0.157 e. The number of anilines is 2. The number of hydrogen-bond acceptors (Lipinski definition) is 5. The Morgan fingerprint density at radius 2 is 1.58 bits per heavy atom. The summed E-state index contributed by atoms with van der Waals surface area (Å²) in [6.45, 7) is 3.82. The topological polar surface area (TPSA) is 60.5 Å². The fourth-order valence-corrected chi connectivity index (χ4v) is 5.13. The highest BCUT2D eigenvalue weighted by Gasteiger charge is 2.29. The molecule has 0 spiro atoms. The maximum Gasteiger partial charge on any atom is 0.157 e. The first-order valence-corrected chi connectivity index (χ1v) is 10.6. The van der Waals surface area contributed by atoms with Crippen LogP contribution in [0.2, 0.25) is 0 Å². The predicted molar refractivity (Wildman–Crippen MR) is 125 cm³/mol. The molecule has 6 heteroatoms. The maximum absolute atomic E-state index is 9.96. The summed E-state index contributed by atoms with van der Waals surface area (Å²) in [7, 11) is 0. The number of para-hydroxylation sites is 2. The van der Waals surface area contributed by atoms with Gasteiger partial charge in [0.1, 0.15) is 11.9 Å². The third-order valence-electron chi connectivity index (χ3n) is 6.50. The summed E-state index contributed by atoms with van der Waals surface area (Å²) in [6.07, 6.45) is 6.83. The number of imidazole rings is 1. The van der Waals surface area contributed by atoms with Crippen molar-refractivity contribution in [3.63, 3.8) is 0 Å². The average Bonchev–Trinajstić information content (AvgIpc) is 3.43. The van der Waals surface area contributed by atoms with Crippen molar-refractivity contribution in [1.29, 1.82) is 5.26 Å². The van der Waals surface area contributed by atoms with Gasteiger partial charge in [-0.3, -0.25) is 9.38 Å². The molecule has 1 aromatic carbocycles. The lowest BCUT2D eigenvalue weighted by molar-refractivity contribution is 0.643. The highest BCUT2D eigenvalue weighted by atomic mass is 15.3. The number of aromatic nitrogens is 3. The van der Waals surface area contributed by atoms with E-state index in [1.54, 1.807) is 0 Å². The van der Waals surface area contributed by atoms with Gasteiger partial charge in [0.25, 0.3) is 0 Å². The first kappa shape index (κ1) is 19.4. The molecule has 0 amide bonds. The van der Waals surface area contributed by atoms with E-state index in [1.165, 1.54) is 22.6 Å². The first-order chi connectivity index (χ1) is 14.8. The molecular formula is C25H26N6. The van der Waals surface area contributed by atoms with Gasteiger partial charge < -0.3 is 9.80 Å². The quantitative estimate of drug-likeness (QED) is 0.496. The Kier molecular flexibility index (Phi) is 4.74. The minimum absolute atomic E-state index is 0. The number of benzene rings is 1. The summed E-state index contributed by atoms with van der Waals surface area (Å²) in [5.41, 5.74) is 7.41. The van der Waals surface area contributed by atoms with Gasteiger partial charge in [0, 0.05) is 44.3 Å². The lowest BCUT2D eigenvalue weighted by Crippen LogP contribution is -2.47. The molecule has 0 radical (unpaired) electrons. The van der Waals surface area contributed by atoms with Crippen LogP contribution < -0.4 is 9.80 Å². The molecule has 0 unspecified atom stereocenters. The molecule has 0 N–H and O–H groups in total. The molecule has 2 aliphatic rings. The Morgan fingerprint density at radius 3 is 2.35 bits per heavy atom. The molecule has 1 aliphatic heterocycles. The molecule has 1 saturated heterocycles. The molecule has 6 rings (SSSR count). The highest BCUT2D eigenvalue weighted by molar-refractivity contribution is 5.86. The van der Waals surface area contributed by atoms with E-state index in [0.717, 1.165) is 67.7 Å². The largest absolute Gasteiger partial charge is 0.368 e. The van der Waals surface area contributed by atoms with Crippen LogP contribution in [0.5, 0.6) is 0 Å². The summed E-state index contributed by atoms with van der Waals surface area (Å²) in [5.74, 6) is 1.25. The van der Waals surface area contributed by atoms with Gasteiger partial charge in [-0.05, 0) is 54.7 Å². The minimum atomic E-state index is 0. The molecule has 0 saturated carbocycles. The van der Waals surface area contributed by atoms with Crippen LogP contribution in [0.15, 0.2) is 48.8 Å². The summed E-state index contributed by atoms with van der Waals surface area (Å²) < 4.78 is 2.25. The van der Waals surface area contributed by atoms with Crippen LogP contribution in [0, 0.1) is 11.3 Å². The summed E-state index contributed by atoms with van der Waals surface area (Å²) in [4.78, 5) is 13.9. The van der Waals surface area contributed by atoms with E-state index in [9.17, 15) is 5.26 Å². The molecule has 1 aliphatic carbocycles. The Morgan fingerprint density at radius 1 is 0.871 bits per heavy atom. The summed E-state index contributed by atoms with van der Waals surface area (Å²) >= 11 is 0. The van der Waals surface area contributed by atoms with Crippen molar-refractivity contribution >= 4 is 28.2 Å². The van der Waals surface area contributed by atoms with Gasteiger partial charge in [0.05, 0.1) is 16.6 Å². The lowest BCUT2D eigenvalue weighted by atomic mass is 10.0. The second-order valence-corrected chi connectivity index (χ2v) is 8.06. The van der Waals surface area contributed by atoms with E-state index in [-0.39, 0.29) is 7.43 Å². The van der Waals surface area contributed by atoms with Crippen molar-refractivity contribution in [2.45, 2.75) is 26.7 Å². The van der Waals surface area contributed by atoms with Gasteiger partial charge in [-0.1, -0.05) is 19.6 Å². The molecule has 1 fully saturated rings. The number of fused-ring (bicyclic) bond motifs is 4. The van der Waals surface area contributed by atoms with Crippen LogP contribution in [0.3, 0.4) is 0 Å². The molecule has 6 nitrogen and oxygen atoms in total. The number of nitrogens with zero attached hydrogens (tertiary/aromatic N) is 6. The zero-order valence-corrected chi connectivity index (χ0v) is 16.8. The number of pyridine rings is 2. The van der Waals surface area contributed by atoms with Crippen LogP contribution in [-0.2, 0) is 12.8 Å². The Bertz CT molecular complexity index is 1290. The molecule has 0 bridgehead atoms. The number of piperazine rings is 1. The zero-order chi connectivity index (χ0) is 20.1. The molecule has 0 atom stereocenters. The SMILES string of the molecule is C.N#Cc1c2c(c(N3CCN(c4ccncc4)CC3)n3c1nc1ccccc13)CCC2. The normalized spacial score (nSPS) is 15.7. The van der Waals surface area contributed by atoms with Gasteiger partial charge in [0.15, 0.2) is 5.65 Å². The van der Waals surface area contributed by atoms with E-state index < -0.39 is 0 Å². The maximum atomic E-state index is 9.96. The molecule has 3 aromatic heterocycles. The van der Waals surface area contributed by atoms with E-state index in [2.05, 4.69) is 49.5 Å². The standard InChI is InChI=1S/C24H22N6.CH4/c25-16-20-18-4-3-5-19(18)24(30-22-7-2-1-6-21(22)27-23(20)30)29-14-12-28(13-15-29)17-8-10-26-11-9-17;/h1-2,6-11H,3-5,12-15H2;1H4. The molecule has 4 aromatic rings. The van der Waals surface area contributed by atoms with Crippen LogP contribution in [0.25, 0.3) is 16.7 Å². The lowest BCUT2D eigenvalue weighted by Gasteiger charge is -2.38. The minimum Gasteiger partial charge on any atom is -0.368 e.